The highest BCUT2D eigenvalue weighted by Crippen LogP contribution is 2.39. The van der Waals surface area contributed by atoms with E-state index in [1.807, 2.05) is 6.26 Å². The van der Waals surface area contributed by atoms with Crippen LogP contribution in [0.1, 0.15) is 5.56 Å². The Morgan fingerprint density at radius 2 is 1.63 bits per heavy atom. The van der Waals surface area contributed by atoms with Crippen LogP contribution in [0.2, 0.25) is 0 Å². The molecule has 0 aliphatic rings. The number of amides is 1. The third-order valence-corrected chi connectivity index (χ3v) is 6.96. The van der Waals surface area contributed by atoms with Crippen molar-refractivity contribution in [1.29, 1.82) is 0 Å². The summed E-state index contributed by atoms with van der Waals surface area (Å²) in [7, 11) is 2.10. The molecule has 0 aliphatic carbocycles. The Morgan fingerprint density at radius 1 is 1.00 bits per heavy atom. The first kappa shape index (κ1) is 23.8. The van der Waals surface area contributed by atoms with Gasteiger partial charge < -0.3 is 19.5 Å². The molecular formula is C20H26N2O6S2. The summed E-state index contributed by atoms with van der Waals surface area (Å²) in [6, 6.07) is 9.98. The van der Waals surface area contributed by atoms with Crippen LogP contribution in [0, 0.1) is 0 Å². The second-order valence-electron chi connectivity index (χ2n) is 6.21. The number of rotatable bonds is 10. The quantitative estimate of drug-likeness (QED) is 0.551. The number of hydrogen-bond donors (Lipinski definition) is 1. The van der Waals surface area contributed by atoms with Crippen LogP contribution in [0.3, 0.4) is 0 Å². The molecule has 0 fully saturated rings. The summed E-state index contributed by atoms with van der Waals surface area (Å²) >= 11 is 1.52. The summed E-state index contributed by atoms with van der Waals surface area (Å²) in [5.74, 6) is 0.911. The summed E-state index contributed by atoms with van der Waals surface area (Å²) < 4.78 is 42.3. The molecule has 0 heterocycles. The van der Waals surface area contributed by atoms with Crippen LogP contribution in [0.25, 0.3) is 0 Å². The minimum Gasteiger partial charge on any atom is -0.493 e. The smallest absolute Gasteiger partial charge is 0.243 e. The van der Waals surface area contributed by atoms with Gasteiger partial charge in [-0.2, -0.15) is 4.31 Å². The highest BCUT2D eigenvalue weighted by Gasteiger charge is 2.23. The number of sulfonamides is 1. The van der Waals surface area contributed by atoms with Crippen LogP contribution in [0.5, 0.6) is 17.2 Å². The van der Waals surface area contributed by atoms with E-state index in [1.165, 1.54) is 52.3 Å². The fourth-order valence-electron chi connectivity index (χ4n) is 2.77. The van der Waals surface area contributed by atoms with Crippen LogP contribution >= 0.6 is 11.8 Å². The van der Waals surface area contributed by atoms with E-state index in [2.05, 4.69) is 5.32 Å². The lowest BCUT2D eigenvalue weighted by molar-refractivity contribution is -0.121. The molecule has 0 spiro atoms. The van der Waals surface area contributed by atoms with Gasteiger partial charge in [0.15, 0.2) is 11.5 Å². The number of nitrogens with one attached hydrogen (secondary N) is 1. The van der Waals surface area contributed by atoms with Gasteiger partial charge in [0.05, 0.1) is 32.8 Å². The van der Waals surface area contributed by atoms with E-state index < -0.39 is 15.9 Å². The van der Waals surface area contributed by atoms with Crippen molar-refractivity contribution < 1.29 is 27.4 Å². The fraction of sp³-hybridized carbons (Fsp3) is 0.350. The second kappa shape index (κ2) is 10.6. The summed E-state index contributed by atoms with van der Waals surface area (Å²) in [6.07, 6.45) is 1.91. The van der Waals surface area contributed by atoms with Gasteiger partial charge in [0, 0.05) is 24.1 Å². The van der Waals surface area contributed by atoms with E-state index in [9.17, 15) is 13.2 Å². The van der Waals surface area contributed by atoms with Crippen molar-refractivity contribution in [2.45, 2.75) is 16.3 Å². The first-order valence-electron chi connectivity index (χ1n) is 8.93. The highest BCUT2D eigenvalue weighted by molar-refractivity contribution is 7.98. The van der Waals surface area contributed by atoms with Crippen molar-refractivity contribution >= 4 is 27.7 Å². The number of methoxy groups -OCH3 is 3. The number of thioether (sulfide) groups is 1. The maximum absolute atomic E-state index is 12.7. The summed E-state index contributed by atoms with van der Waals surface area (Å²) in [5, 5.41) is 2.71. The number of benzene rings is 2. The third-order valence-electron chi connectivity index (χ3n) is 4.40. The third kappa shape index (κ3) is 5.38. The number of hydrogen-bond acceptors (Lipinski definition) is 7. The lowest BCUT2D eigenvalue weighted by Crippen LogP contribution is -2.38. The molecule has 10 heteroatoms. The Hall–Kier alpha value is -2.43. The molecule has 2 aromatic carbocycles. The molecule has 2 aromatic rings. The van der Waals surface area contributed by atoms with Crippen molar-refractivity contribution in [1.82, 2.24) is 9.62 Å². The highest BCUT2D eigenvalue weighted by atomic mass is 32.2. The molecule has 8 nitrogen and oxygen atoms in total. The van der Waals surface area contributed by atoms with E-state index in [0.29, 0.717) is 22.8 Å². The average molecular weight is 455 g/mol. The van der Waals surface area contributed by atoms with Crippen molar-refractivity contribution in [2.24, 2.45) is 0 Å². The maximum atomic E-state index is 12.7. The summed E-state index contributed by atoms with van der Waals surface area (Å²) in [4.78, 5) is 13.5. The van der Waals surface area contributed by atoms with E-state index in [4.69, 9.17) is 14.2 Å². The van der Waals surface area contributed by atoms with Gasteiger partial charge in [-0.25, -0.2) is 8.42 Å². The Kier molecular flexibility index (Phi) is 8.39. The van der Waals surface area contributed by atoms with Gasteiger partial charge in [0.1, 0.15) is 0 Å². The van der Waals surface area contributed by atoms with Crippen LogP contribution in [0.15, 0.2) is 46.2 Å². The van der Waals surface area contributed by atoms with E-state index in [0.717, 1.165) is 9.20 Å². The van der Waals surface area contributed by atoms with E-state index >= 15 is 0 Å². The number of nitrogens with zero attached hydrogens (tertiary/aromatic N) is 1. The van der Waals surface area contributed by atoms with Gasteiger partial charge >= 0.3 is 0 Å². The van der Waals surface area contributed by atoms with Crippen molar-refractivity contribution in [3.05, 3.63) is 42.0 Å². The van der Waals surface area contributed by atoms with Gasteiger partial charge in [-0.05, 0) is 42.7 Å². The van der Waals surface area contributed by atoms with Crippen LogP contribution in [-0.4, -0.2) is 59.8 Å². The van der Waals surface area contributed by atoms with Crippen molar-refractivity contribution in [3.63, 3.8) is 0 Å². The predicted molar refractivity (Wildman–Crippen MR) is 116 cm³/mol. The first-order valence-corrected chi connectivity index (χ1v) is 11.6. The molecule has 0 saturated heterocycles. The summed E-state index contributed by atoms with van der Waals surface area (Å²) in [6.45, 7) is -0.180. The Bertz CT molecular complexity index is 978. The molecular weight excluding hydrogens is 428 g/mol. The number of likely N-dealkylation sites (N-methyl/N-ethyl adjacent to an activating group) is 1. The zero-order valence-corrected chi connectivity index (χ0v) is 19.2. The van der Waals surface area contributed by atoms with Gasteiger partial charge in [0.25, 0.3) is 0 Å². The lowest BCUT2D eigenvalue weighted by atomic mass is 10.1. The molecule has 0 aliphatic heterocycles. The van der Waals surface area contributed by atoms with Gasteiger partial charge in [-0.15, -0.1) is 11.8 Å². The molecule has 30 heavy (non-hydrogen) atoms. The molecule has 0 aromatic heterocycles. The topological polar surface area (TPSA) is 94.2 Å². The summed E-state index contributed by atoms with van der Waals surface area (Å²) in [5.41, 5.74) is 0.668. The largest absolute Gasteiger partial charge is 0.493 e. The van der Waals surface area contributed by atoms with E-state index in [-0.39, 0.29) is 18.0 Å². The zero-order chi connectivity index (χ0) is 22.3. The number of carbonyl (C=O) groups excluding carboxylic acids is 1. The molecule has 164 valence electrons. The zero-order valence-electron chi connectivity index (χ0n) is 17.6. The number of carbonyl (C=O) groups is 1. The van der Waals surface area contributed by atoms with Crippen LogP contribution in [0.4, 0.5) is 0 Å². The maximum Gasteiger partial charge on any atom is 0.243 e. The fourth-order valence-corrected chi connectivity index (χ4v) is 4.30. The molecule has 0 atom stereocenters. The molecule has 0 unspecified atom stereocenters. The standard InChI is InChI=1S/C20H26N2O6S2/c1-22(30(24,25)16-9-7-15(29-5)8-10-16)13-18(23)21-12-14-6-11-17(26-2)20(28-4)19(14)27-3/h6-11H,12-13H2,1-5H3,(H,21,23). The SMILES string of the molecule is COc1ccc(CNC(=O)CN(C)S(=O)(=O)c2ccc(SC)cc2)c(OC)c1OC. The van der Waals surface area contributed by atoms with Crippen molar-refractivity contribution in [3.8, 4) is 17.2 Å². The lowest BCUT2D eigenvalue weighted by Gasteiger charge is -2.18. The minimum absolute atomic E-state index is 0.136. The van der Waals surface area contributed by atoms with Gasteiger partial charge in [-0.1, -0.05) is 0 Å². The van der Waals surface area contributed by atoms with Crippen LogP contribution in [-0.2, 0) is 21.4 Å². The monoisotopic (exact) mass is 454 g/mol. The molecule has 0 bridgehead atoms. The van der Waals surface area contributed by atoms with Gasteiger partial charge in [-0.3, -0.25) is 4.79 Å². The van der Waals surface area contributed by atoms with Crippen LogP contribution < -0.4 is 19.5 Å². The first-order chi connectivity index (χ1) is 14.3. The average Bonchev–Trinajstić information content (AvgIpc) is 2.76. The normalized spacial score (nSPS) is 11.3. The van der Waals surface area contributed by atoms with E-state index in [1.54, 1.807) is 24.3 Å². The Balaban J connectivity index is 2.06. The molecule has 2 rings (SSSR count). The van der Waals surface area contributed by atoms with Crippen molar-refractivity contribution in [2.75, 3.05) is 41.2 Å². The number of ether oxygens (including phenoxy) is 3. The minimum atomic E-state index is -3.77. The Morgan fingerprint density at radius 3 is 2.17 bits per heavy atom. The molecule has 0 radical (unpaired) electrons. The second-order valence-corrected chi connectivity index (χ2v) is 9.13. The molecule has 0 saturated carbocycles. The van der Waals surface area contributed by atoms with Gasteiger partial charge in [0.2, 0.25) is 21.7 Å². The molecule has 1 amide bonds. The Labute approximate surface area is 181 Å². The molecule has 1 N–H and O–H groups in total. The predicted octanol–water partition coefficient (Wildman–Crippen LogP) is 2.37.